The van der Waals surface area contributed by atoms with E-state index in [0.29, 0.717) is 5.56 Å². The van der Waals surface area contributed by atoms with E-state index >= 15 is 0 Å². The summed E-state index contributed by atoms with van der Waals surface area (Å²) in [4.78, 5) is 11.8. The van der Waals surface area contributed by atoms with Crippen molar-refractivity contribution in [2.45, 2.75) is 50.2 Å². The maximum atomic E-state index is 13.6. The molecule has 0 aliphatic heterocycles. The fraction of sp³-hybridized carbons (Fsp3) is 0.588. The largest absolute Gasteiger partial charge is 0.598 e. The number of carbonyl (C=O) groups excluding carboxylic acids is 1. The molecule has 0 aromatic heterocycles. The highest BCUT2D eigenvalue weighted by Crippen LogP contribution is 2.32. The van der Waals surface area contributed by atoms with Gasteiger partial charge in [0.2, 0.25) is 0 Å². The van der Waals surface area contributed by atoms with Crippen LogP contribution in [0.4, 0.5) is 8.78 Å². The van der Waals surface area contributed by atoms with Crippen molar-refractivity contribution >= 4 is 29.1 Å². The lowest BCUT2D eigenvalue weighted by Gasteiger charge is -2.29. The minimum absolute atomic E-state index is 0.285. The molecule has 0 fully saturated rings. The van der Waals surface area contributed by atoms with Crippen LogP contribution in [0, 0.1) is 11.6 Å². The van der Waals surface area contributed by atoms with Crippen molar-refractivity contribution in [1.29, 1.82) is 0 Å². The third-order valence-corrected chi connectivity index (χ3v) is 6.38. The monoisotopic (exact) mass is 393 g/mol. The lowest BCUT2D eigenvalue weighted by molar-refractivity contribution is -0.142. The third kappa shape index (κ3) is 6.77. The van der Waals surface area contributed by atoms with Crippen molar-refractivity contribution in [2.24, 2.45) is 0 Å². The maximum Gasteiger partial charge on any atom is 0.321 e. The summed E-state index contributed by atoms with van der Waals surface area (Å²) in [6.45, 7) is 8.79. The lowest BCUT2D eigenvalue weighted by Crippen LogP contribution is -2.42. The highest BCUT2D eigenvalue weighted by atomic mass is 32.2. The second kappa shape index (κ2) is 8.70. The molecule has 1 N–H and O–H groups in total. The number of halogens is 2. The van der Waals surface area contributed by atoms with Crippen molar-refractivity contribution in [3.8, 4) is 0 Å². The summed E-state index contributed by atoms with van der Waals surface area (Å²) in [7, 11) is 1.30. The number of rotatable bonds is 7. The summed E-state index contributed by atoms with van der Waals surface area (Å²) in [5.74, 6) is -1.54. The van der Waals surface area contributed by atoms with Crippen LogP contribution >= 0.6 is 11.8 Å². The van der Waals surface area contributed by atoms with Gasteiger partial charge in [-0.05, 0) is 52.3 Å². The molecular formula is C17H25F2NO3S2. The molecule has 0 saturated heterocycles. The molecule has 0 amide bonds. The van der Waals surface area contributed by atoms with Gasteiger partial charge in [-0.2, -0.15) is 0 Å². The summed E-state index contributed by atoms with van der Waals surface area (Å²) in [5, 5.41) is 0. The lowest BCUT2D eigenvalue weighted by atomic mass is 10.1. The molecule has 0 aliphatic rings. The Morgan fingerprint density at radius 1 is 1.24 bits per heavy atom. The zero-order valence-electron chi connectivity index (χ0n) is 15.3. The standard InChI is InChI=1S/C17H25F2NO3S2/c1-16(2,3)25(22)20-14(10-24-17(4,5)15(21)23-6)11-7-12(18)9-13(19)8-11/h7-9,14,20H,10H2,1-6H3/t14-,25-/m0/s1. The quantitative estimate of drug-likeness (QED) is 0.565. The van der Waals surface area contributed by atoms with E-state index in [1.807, 2.05) is 0 Å². The molecule has 0 heterocycles. The Labute approximate surface area is 155 Å². The fourth-order valence-electron chi connectivity index (χ4n) is 1.88. The molecule has 0 unspecified atom stereocenters. The van der Waals surface area contributed by atoms with Gasteiger partial charge >= 0.3 is 5.97 Å². The van der Waals surface area contributed by atoms with Crippen molar-refractivity contribution in [1.82, 2.24) is 4.72 Å². The molecule has 1 aromatic rings. The first-order chi connectivity index (χ1) is 11.4. The van der Waals surface area contributed by atoms with Gasteiger partial charge in [-0.1, -0.05) is 0 Å². The van der Waals surface area contributed by atoms with Crippen molar-refractivity contribution in [3.63, 3.8) is 0 Å². The normalized spacial score (nSPS) is 14.9. The summed E-state index contributed by atoms with van der Waals surface area (Å²) in [6, 6.07) is 2.59. The average molecular weight is 394 g/mol. The SMILES string of the molecule is COC(=O)C(C)(C)SC[C@H](N[S@@+]([O-])C(C)(C)C)c1cc(F)cc(F)c1. The first kappa shape index (κ1) is 22.2. The van der Waals surface area contributed by atoms with E-state index in [2.05, 4.69) is 4.72 Å². The third-order valence-electron chi connectivity index (χ3n) is 3.38. The summed E-state index contributed by atoms with van der Waals surface area (Å²) >= 11 is -0.184. The molecule has 1 aromatic carbocycles. The van der Waals surface area contributed by atoms with Crippen LogP contribution in [0.2, 0.25) is 0 Å². The number of carbonyl (C=O) groups is 1. The Hall–Kier alpha value is -0.830. The van der Waals surface area contributed by atoms with Crippen molar-refractivity contribution in [3.05, 3.63) is 35.4 Å². The van der Waals surface area contributed by atoms with Crippen LogP contribution in [0.25, 0.3) is 0 Å². The molecule has 0 bridgehead atoms. The first-order valence-corrected chi connectivity index (χ1v) is 9.87. The summed E-state index contributed by atoms with van der Waals surface area (Å²) in [6.07, 6.45) is 0. The smallest absolute Gasteiger partial charge is 0.321 e. The van der Waals surface area contributed by atoms with Gasteiger partial charge in [0, 0.05) is 23.2 Å². The van der Waals surface area contributed by atoms with Gasteiger partial charge in [-0.3, -0.25) is 4.79 Å². The van der Waals surface area contributed by atoms with E-state index in [1.54, 1.807) is 34.6 Å². The number of ether oxygens (including phenoxy) is 1. The van der Waals surface area contributed by atoms with E-state index in [0.717, 1.165) is 6.07 Å². The molecule has 4 nitrogen and oxygen atoms in total. The molecule has 25 heavy (non-hydrogen) atoms. The Morgan fingerprint density at radius 3 is 2.20 bits per heavy atom. The van der Waals surface area contributed by atoms with Crippen LogP contribution in [0.15, 0.2) is 18.2 Å². The van der Waals surface area contributed by atoms with Crippen LogP contribution in [0.1, 0.15) is 46.2 Å². The van der Waals surface area contributed by atoms with E-state index < -0.39 is 44.5 Å². The number of thioether (sulfide) groups is 1. The Kier molecular flexibility index (Phi) is 7.73. The highest BCUT2D eigenvalue weighted by molar-refractivity contribution is 8.01. The topological polar surface area (TPSA) is 61.4 Å². The highest BCUT2D eigenvalue weighted by Gasteiger charge is 2.34. The number of hydrogen-bond donors (Lipinski definition) is 1. The van der Waals surface area contributed by atoms with Gasteiger partial charge in [-0.15, -0.1) is 16.5 Å². The first-order valence-electron chi connectivity index (χ1n) is 7.73. The number of methoxy groups -OCH3 is 1. The molecule has 0 saturated carbocycles. The summed E-state index contributed by atoms with van der Waals surface area (Å²) < 4.78 is 45.9. The van der Waals surface area contributed by atoms with E-state index in [-0.39, 0.29) is 5.75 Å². The van der Waals surface area contributed by atoms with E-state index in [1.165, 1.54) is 31.0 Å². The van der Waals surface area contributed by atoms with Gasteiger partial charge in [0.1, 0.15) is 21.1 Å². The molecule has 2 atom stereocenters. The zero-order valence-corrected chi connectivity index (χ0v) is 16.9. The van der Waals surface area contributed by atoms with E-state index in [4.69, 9.17) is 4.74 Å². The zero-order chi connectivity index (χ0) is 19.4. The van der Waals surface area contributed by atoms with Crippen molar-refractivity contribution in [2.75, 3.05) is 12.9 Å². The van der Waals surface area contributed by atoms with Gasteiger partial charge in [-0.25, -0.2) is 8.78 Å². The molecular weight excluding hydrogens is 368 g/mol. The molecule has 1 rings (SSSR count). The predicted molar refractivity (Wildman–Crippen MR) is 98.7 cm³/mol. The molecule has 0 spiro atoms. The minimum atomic E-state index is -1.45. The fourth-order valence-corrected chi connectivity index (χ4v) is 3.87. The van der Waals surface area contributed by atoms with Crippen LogP contribution < -0.4 is 4.72 Å². The average Bonchev–Trinajstić information content (AvgIpc) is 2.48. The Bertz CT molecular complexity index is 586. The second-order valence-corrected chi connectivity index (χ2v) is 10.7. The van der Waals surface area contributed by atoms with Crippen LogP contribution in [-0.4, -0.2) is 32.9 Å². The predicted octanol–water partition coefficient (Wildman–Crippen LogP) is 3.74. The maximum absolute atomic E-state index is 13.6. The van der Waals surface area contributed by atoms with Gasteiger partial charge < -0.3 is 9.29 Å². The number of nitrogens with one attached hydrogen (secondary N) is 1. The number of benzene rings is 1. The minimum Gasteiger partial charge on any atom is -0.598 e. The molecule has 0 radical (unpaired) electrons. The van der Waals surface area contributed by atoms with Gasteiger partial charge in [0.15, 0.2) is 0 Å². The number of esters is 1. The second-order valence-electron chi connectivity index (χ2n) is 7.07. The van der Waals surface area contributed by atoms with Crippen LogP contribution in [0.3, 0.4) is 0 Å². The van der Waals surface area contributed by atoms with Crippen LogP contribution in [-0.2, 0) is 20.9 Å². The Balaban J connectivity index is 3.05. The summed E-state index contributed by atoms with van der Waals surface area (Å²) in [5.41, 5.74) is 0.336. The van der Waals surface area contributed by atoms with Crippen molar-refractivity contribution < 1.29 is 22.9 Å². The molecule has 142 valence electrons. The molecule has 8 heteroatoms. The van der Waals surface area contributed by atoms with Crippen LogP contribution in [0.5, 0.6) is 0 Å². The van der Waals surface area contributed by atoms with Gasteiger partial charge in [0.05, 0.1) is 13.2 Å². The van der Waals surface area contributed by atoms with E-state index in [9.17, 15) is 18.1 Å². The Morgan fingerprint density at radius 2 is 1.76 bits per heavy atom. The molecule has 0 aliphatic carbocycles. The number of hydrogen-bond acceptors (Lipinski definition) is 5. The van der Waals surface area contributed by atoms with Gasteiger partial charge in [0.25, 0.3) is 0 Å².